The third-order valence-corrected chi connectivity index (χ3v) is 4.79. The summed E-state index contributed by atoms with van der Waals surface area (Å²) in [5.74, 6) is -1.29. The molecule has 1 N–H and O–H groups in total. The zero-order chi connectivity index (χ0) is 22.6. The molecule has 0 spiro atoms. The maximum atomic E-state index is 12.4. The first-order valence-electron chi connectivity index (χ1n) is 9.64. The number of H-pyrrole nitrogens is 1. The minimum atomic E-state index is -1.49. The van der Waals surface area contributed by atoms with E-state index >= 15 is 0 Å². The van der Waals surface area contributed by atoms with Crippen molar-refractivity contribution in [1.82, 2.24) is 9.55 Å². The Labute approximate surface area is 177 Å². The second-order valence-corrected chi connectivity index (χ2v) is 7.35. The highest BCUT2D eigenvalue weighted by molar-refractivity contribution is 5.68. The summed E-state index contributed by atoms with van der Waals surface area (Å²) in [6.07, 6.45) is -1.02. The van der Waals surface area contributed by atoms with Crippen LogP contribution in [0.1, 0.15) is 31.2 Å². The van der Waals surface area contributed by atoms with E-state index in [1.54, 1.807) is 0 Å². The number of aryl methyl sites for hydroxylation is 1. The average Bonchev–Trinajstić information content (AvgIpc) is 3.02. The molecule has 10 heteroatoms. The van der Waals surface area contributed by atoms with Crippen LogP contribution in [-0.2, 0) is 35.1 Å². The van der Waals surface area contributed by atoms with E-state index in [9.17, 15) is 19.2 Å². The molecule has 1 aromatic heterocycles. The van der Waals surface area contributed by atoms with E-state index in [2.05, 4.69) is 4.98 Å². The molecule has 0 unspecified atom stereocenters. The summed E-state index contributed by atoms with van der Waals surface area (Å²) in [6.45, 7) is 3.82. The Hall–Kier alpha value is -3.24. The topological polar surface area (TPSA) is 126 Å². The van der Waals surface area contributed by atoms with Crippen molar-refractivity contribution in [2.45, 2.75) is 45.3 Å². The van der Waals surface area contributed by atoms with Crippen LogP contribution in [0.25, 0.3) is 0 Å². The molecule has 0 amide bonds. The number of hydrogen-bond acceptors (Lipinski definition) is 8. The Kier molecular flexibility index (Phi) is 6.71. The number of nitrogens with zero attached hydrogens (tertiary/aromatic N) is 1. The molecule has 3 rings (SSSR count). The maximum absolute atomic E-state index is 12.4. The molecular weight excluding hydrogens is 408 g/mol. The van der Waals surface area contributed by atoms with Crippen LogP contribution in [0, 0.1) is 6.92 Å². The number of nitrogens with one attached hydrogen (secondary N) is 1. The molecule has 1 aromatic carbocycles. The number of esters is 2. The van der Waals surface area contributed by atoms with E-state index < -0.39 is 41.1 Å². The number of carbonyl (C=O) groups is 2. The molecule has 10 nitrogen and oxygen atoms in total. The number of ether oxygens (including phenoxy) is 4. The standard InChI is InChI=1S/C21H24N2O8/c1-13-9-23(20(27)22-18(13)26)19-17(30-14(2)24)21(12-29-19,31-15(3)25)11-28-10-16-7-5-4-6-8-16/h4-9,17,19H,10-12H2,1-3H3,(H,22,26,27)/t17-,19+,21-/m0/s1. The Morgan fingerprint density at radius 1 is 1.19 bits per heavy atom. The summed E-state index contributed by atoms with van der Waals surface area (Å²) in [5.41, 5.74) is -1.62. The van der Waals surface area contributed by atoms with Gasteiger partial charge in [-0.2, -0.15) is 0 Å². The lowest BCUT2D eigenvalue weighted by atomic mass is 9.99. The molecule has 1 fully saturated rings. The molecule has 166 valence electrons. The number of aromatic amines is 1. The van der Waals surface area contributed by atoms with Gasteiger partial charge >= 0.3 is 17.6 Å². The highest BCUT2D eigenvalue weighted by Gasteiger charge is 2.56. The van der Waals surface area contributed by atoms with Gasteiger partial charge in [0.25, 0.3) is 5.56 Å². The smallest absolute Gasteiger partial charge is 0.330 e. The van der Waals surface area contributed by atoms with Crippen LogP contribution in [-0.4, -0.2) is 46.4 Å². The first-order chi connectivity index (χ1) is 14.7. The highest BCUT2D eigenvalue weighted by Crippen LogP contribution is 2.37. The normalized spacial score (nSPS) is 22.8. The Bertz CT molecular complexity index is 1060. The second kappa shape index (κ2) is 9.27. The highest BCUT2D eigenvalue weighted by atomic mass is 16.7. The maximum Gasteiger partial charge on any atom is 0.330 e. The predicted octanol–water partition coefficient (Wildman–Crippen LogP) is 0.824. The average molecular weight is 432 g/mol. The minimum Gasteiger partial charge on any atom is -0.453 e. The van der Waals surface area contributed by atoms with Crippen LogP contribution >= 0.6 is 0 Å². The van der Waals surface area contributed by atoms with Crippen LogP contribution in [0.3, 0.4) is 0 Å². The fourth-order valence-electron chi connectivity index (χ4n) is 3.44. The first-order valence-corrected chi connectivity index (χ1v) is 9.64. The minimum absolute atomic E-state index is 0.146. The Morgan fingerprint density at radius 3 is 2.55 bits per heavy atom. The van der Waals surface area contributed by atoms with Gasteiger partial charge in [0, 0.05) is 25.6 Å². The van der Waals surface area contributed by atoms with Crippen LogP contribution < -0.4 is 11.2 Å². The third-order valence-electron chi connectivity index (χ3n) is 4.79. The van der Waals surface area contributed by atoms with Crippen molar-refractivity contribution in [1.29, 1.82) is 0 Å². The van der Waals surface area contributed by atoms with Crippen LogP contribution in [0.4, 0.5) is 0 Å². The Morgan fingerprint density at radius 2 is 1.90 bits per heavy atom. The van der Waals surface area contributed by atoms with Crippen LogP contribution in [0.2, 0.25) is 0 Å². The van der Waals surface area contributed by atoms with Crippen molar-refractivity contribution >= 4 is 11.9 Å². The molecule has 3 atom stereocenters. The van der Waals surface area contributed by atoms with Gasteiger partial charge in [-0.25, -0.2) is 4.79 Å². The van der Waals surface area contributed by atoms with Gasteiger partial charge in [-0.1, -0.05) is 30.3 Å². The van der Waals surface area contributed by atoms with E-state index in [-0.39, 0.29) is 25.4 Å². The van der Waals surface area contributed by atoms with Crippen molar-refractivity contribution < 1.29 is 28.5 Å². The fourth-order valence-corrected chi connectivity index (χ4v) is 3.44. The molecule has 2 aromatic rings. The van der Waals surface area contributed by atoms with Crippen molar-refractivity contribution in [3.05, 3.63) is 68.5 Å². The molecule has 1 aliphatic rings. The third kappa shape index (κ3) is 5.09. The summed E-state index contributed by atoms with van der Waals surface area (Å²) in [7, 11) is 0. The van der Waals surface area contributed by atoms with Gasteiger partial charge in [0.1, 0.15) is 0 Å². The van der Waals surface area contributed by atoms with Crippen molar-refractivity contribution in [3.8, 4) is 0 Å². The van der Waals surface area contributed by atoms with E-state index in [0.717, 1.165) is 10.1 Å². The summed E-state index contributed by atoms with van der Waals surface area (Å²) in [4.78, 5) is 50.0. The lowest BCUT2D eigenvalue weighted by Crippen LogP contribution is -2.53. The number of aromatic nitrogens is 2. The van der Waals surface area contributed by atoms with Gasteiger partial charge in [0.05, 0.1) is 19.8 Å². The van der Waals surface area contributed by atoms with E-state index in [0.29, 0.717) is 0 Å². The number of carbonyl (C=O) groups excluding carboxylic acids is 2. The molecule has 31 heavy (non-hydrogen) atoms. The SMILES string of the molecule is CC(=O)O[C@H]1[C@H](n2cc(C)c(=O)[nH]c2=O)OC[C@]1(COCc1ccccc1)OC(C)=O. The van der Waals surface area contributed by atoms with Gasteiger partial charge in [-0.05, 0) is 12.5 Å². The number of hydrogen-bond donors (Lipinski definition) is 1. The van der Waals surface area contributed by atoms with E-state index in [1.165, 1.54) is 27.0 Å². The van der Waals surface area contributed by atoms with Gasteiger partial charge < -0.3 is 18.9 Å². The summed E-state index contributed by atoms with van der Waals surface area (Å²) in [5, 5.41) is 0. The van der Waals surface area contributed by atoms with Crippen LogP contribution in [0.5, 0.6) is 0 Å². The zero-order valence-electron chi connectivity index (χ0n) is 17.5. The van der Waals surface area contributed by atoms with Gasteiger partial charge in [0.15, 0.2) is 17.9 Å². The number of rotatable bonds is 7. The lowest BCUT2D eigenvalue weighted by Gasteiger charge is -2.33. The zero-order valence-corrected chi connectivity index (χ0v) is 17.5. The van der Waals surface area contributed by atoms with E-state index in [4.69, 9.17) is 18.9 Å². The summed E-state index contributed by atoms with van der Waals surface area (Å²) >= 11 is 0. The molecule has 0 radical (unpaired) electrons. The summed E-state index contributed by atoms with van der Waals surface area (Å²) < 4.78 is 23.6. The first kappa shape index (κ1) is 22.4. The summed E-state index contributed by atoms with van der Waals surface area (Å²) in [6, 6.07) is 9.35. The van der Waals surface area contributed by atoms with Crippen molar-refractivity contribution in [3.63, 3.8) is 0 Å². The number of benzene rings is 1. The van der Waals surface area contributed by atoms with Gasteiger partial charge in [-0.15, -0.1) is 0 Å². The van der Waals surface area contributed by atoms with Crippen molar-refractivity contribution in [2.24, 2.45) is 0 Å². The monoisotopic (exact) mass is 432 g/mol. The molecule has 0 aliphatic carbocycles. The molecule has 0 bridgehead atoms. The molecule has 1 saturated heterocycles. The molecular formula is C21H24N2O8. The second-order valence-electron chi connectivity index (χ2n) is 7.35. The van der Waals surface area contributed by atoms with E-state index in [1.807, 2.05) is 30.3 Å². The molecule has 1 aliphatic heterocycles. The fraction of sp³-hybridized carbons (Fsp3) is 0.429. The largest absolute Gasteiger partial charge is 0.453 e. The molecule has 2 heterocycles. The predicted molar refractivity (Wildman–Crippen MR) is 107 cm³/mol. The lowest BCUT2D eigenvalue weighted by molar-refractivity contribution is -0.190. The van der Waals surface area contributed by atoms with Crippen LogP contribution in [0.15, 0.2) is 46.1 Å². The Balaban J connectivity index is 1.93. The molecule has 0 saturated carbocycles. The van der Waals surface area contributed by atoms with Gasteiger partial charge in [0.2, 0.25) is 0 Å². The van der Waals surface area contributed by atoms with Crippen molar-refractivity contribution in [2.75, 3.05) is 13.2 Å². The quantitative estimate of drug-likeness (QED) is 0.638. The van der Waals surface area contributed by atoms with Gasteiger partial charge in [-0.3, -0.25) is 23.9 Å².